The summed E-state index contributed by atoms with van der Waals surface area (Å²) in [4.78, 5) is 0. The second-order valence-corrected chi connectivity index (χ2v) is 6.42. The molecular weight excluding hydrogens is 382 g/mol. The lowest BCUT2D eigenvalue weighted by atomic mass is 9.99. The van der Waals surface area contributed by atoms with Crippen molar-refractivity contribution in [2.45, 2.75) is 25.4 Å². The normalized spacial score (nSPS) is 14.6. The molecule has 0 saturated heterocycles. The van der Waals surface area contributed by atoms with Gasteiger partial charge in [0, 0.05) is 9.99 Å². The molecule has 4 heteroatoms. The van der Waals surface area contributed by atoms with E-state index in [2.05, 4.69) is 28.7 Å². The molecule has 0 bridgehead atoms. The van der Waals surface area contributed by atoms with Crippen molar-refractivity contribution in [1.29, 1.82) is 0 Å². The van der Waals surface area contributed by atoms with Gasteiger partial charge in [0.05, 0.1) is 12.7 Å². The topological polar surface area (TPSA) is 29.5 Å². The first-order valence-corrected chi connectivity index (χ1v) is 8.09. The molecular formula is C17H16FIO2. The van der Waals surface area contributed by atoms with Crippen LogP contribution in [0.3, 0.4) is 0 Å². The van der Waals surface area contributed by atoms with Gasteiger partial charge in [0.2, 0.25) is 0 Å². The van der Waals surface area contributed by atoms with Crippen molar-refractivity contribution in [2.24, 2.45) is 0 Å². The fraction of sp³-hybridized carbons (Fsp3) is 0.294. The number of rotatable bonds is 4. The van der Waals surface area contributed by atoms with E-state index in [1.807, 2.05) is 12.1 Å². The Labute approximate surface area is 137 Å². The highest BCUT2D eigenvalue weighted by molar-refractivity contribution is 14.1. The first-order valence-electron chi connectivity index (χ1n) is 7.01. The van der Waals surface area contributed by atoms with Gasteiger partial charge in [0.1, 0.15) is 11.6 Å². The Hall–Kier alpha value is -1.14. The number of halogens is 2. The first kappa shape index (κ1) is 14.8. The number of hydrogen-bond donors (Lipinski definition) is 1. The second kappa shape index (κ2) is 6.32. The minimum Gasteiger partial charge on any atom is -0.493 e. The minimum absolute atomic E-state index is 0.269. The van der Waals surface area contributed by atoms with E-state index in [0.717, 1.165) is 34.3 Å². The Morgan fingerprint density at radius 2 is 2.10 bits per heavy atom. The van der Waals surface area contributed by atoms with E-state index in [1.165, 1.54) is 23.3 Å². The third kappa shape index (κ3) is 3.37. The average molecular weight is 398 g/mol. The van der Waals surface area contributed by atoms with Gasteiger partial charge in [0.25, 0.3) is 0 Å². The molecule has 0 fully saturated rings. The molecule has 1 heterocycles. The van der Waals surface area contributed by atoms with Crippen LogP contribution < -0.4 is 4.74 Å². The highest BCUT2D eigenvalue weighted by Gasteiger charge is 2.14. The molecule has 21 heavy (non-hydrogen) atoms. The summed E-state index contributed by atoms with van der Waals surface area (Å²) in [6.07, 6.45) is 1.81. The lowest BCUT2D eigenvalue weighted by Crippen LogP contribution is -2.02. The Balaban J connectivity index is 1.67. The number of fused-ring (bicyclic) bond motifs is 1. The maximum absolute atomic E-state index is 13.1. The van der Waals surface area contributed by atoms with Crippen molar-refractivity contribution in [2.75, 3.05) is 6.61 Å². The lowest BCUT2D eigenvalue weighted by molar-refractivity contribution is 0.167. The minimum atomic E-state index is -0.568. The highest BCUT2D eigenvalue weighted by Crippen LogP contribution is 2.28. The molecule has 0 radical (unpaired) electrons. The van der Waals surface area contributed by atoms with Gasteiger partial charge in [-0.1, -0.05) is 18.2 Å². The third-order valence-corrected chi connectivity index (χ3v) is 4.72. The van der Waals surface area contributed by atoms with Crippen LogP contribution in [-0.4, -0.2) is 11.7 Å². The van der Waals surface area contributed by atoms with Crippen molar-refractivity contribution in [3.8, 4) is 5.75 Å². The number of benzene rings is 2. The molecule has 1 aliphatic rings. The SMILES string of the molecule is OC(CCc1ccc2c(c1)CCO2)c1ccc(F)cc1I. The van der Waals surface area contributed by atoms with Crippen LogP contribution in [0, 0.1) is 9.39 Å². The number of aliphatic hydroxyl groups is 1. The fourth-order valence-electron chi connectivity index (χ4n) is 2.63. The largest absolute Gasteiger partial charge is 0.493 e. The third-order valence-electron chi connectivity index (χ3n) is 3.78. The van der Waals surface area contributed by atoms with Crippen LogP contribution in [0.4, 0.5) is 4.39 Å². The molecule has 2 aromatic carbocycles. The van der Waals surface area contributed by atoms with Crippen molar-refractivity contribution in [3.05, 3.63) is 62.5 Å². The van der Waals surface area contributed by atoms with Crippen LogP contribution in [0.2, 0.25) is 0 Å². The smallest absolute Gasteiger partial charge is 0.124 e. The Morgan fingerprint density at radius 3 is 2.90 bits per heavy atom. The van der Waals surface area contributed by atoms with E-state index in [0.29, 0.717) is 6.42 Å². The second-order valence-electron chi connectivity index (χ2n) is 5.26. The summed E-state index contributed by atoms with van der Waals surface area (Å²) < 4.78 is 19.3. The van der Waals surface area contributed by atoms with E-state index >= 15 is 0 Å². The lowest BCUT2D eigenvalue weighted by Gasteiger charge is -2.13. The zero-order valence-electron chi connectivity index (χ0n) is 11.5. The molecule has 0 saturated carbocycles. The quantitative estimate of drug-likeness (QED) is 0.789. The Morgan fingerprint density at radius 1 is 1.24 bits per heavy atom. The Bertz CT molecular complexity index is 657. The van der Waals surface area contributed by atoms with Crippen LogP contribution in [0.5, 0.6) is 5.75 Å². The van der Waals surface area contributed by atoms with Crippen molar-refractivity contribution in [1.82, 2.24) is 0 Å². The van der Waals surface area contributed by atoms with Crippen LogP contribution >= 0.6 is 22.6 Å². The van der Waals surface area contributed by atoms with E-state index in [-0.39, 0.29) is 5.82 Å². The Kier molecular flexibility index (Phi) is 4.45. The summed E-state index contributed by atoms with van der Waals surface area (Å²) in [5.74, 6) is 0.710. The van der Waals surface area contributed by atoms with Crippen LogP contribution in [-0.2, 0) is 12.8 Å². The van der Waals surface area contributed by atoms with Gasteiger partial charge < -0.3 is 9.84 Å². The van der Waals surface area contributed by atoms with E-state index in [4.69, 9.17) is 4.74 Å². The van der Waals surface area contributed by atoms with E-state index < -0.39 is 6.10 Å². The van der Waals surface area contributed by atoms with Gasteiger partial charge in [-0.2, -0.15) is 0 Å². The molecule has 1 atom stereocenters. The molecule has 110 valence electrons. The fourth-order valence-corrected chi connectivity index (χ4v) is 3.46. The summed E-state index contributed by atoms with van der Waals surface area (Å²) in [5, 5.41) is 10.3. The number of aryl methyl sites for hydroxylation is 1. The number of aliphatic hydroxyl groups excluding tert-OH is 1. The molecule has 0 amide bonds. The summed E-state index contributed by atoms with van der Waals surface area (Å²) in [5.41, 5.74) is 3.25. The monoisotopic (exact) mass is 398 g/mol. The van der Waals surface area contributed by atoms with Gasteiger partial charge in [-0.25, -0.2) is 4.39 Å². The number of ether oxygens (including phenoxy) is 1. The molecule has 1 aliphatic heterocycles. The predicted octanol–water partition coefficient (Wildman–Crippen LogP) is 4.03. The van der Waals surface area contributed by atoms with Gasteiger partial charge >= 0.3 is 0 Å². The van der Waals surface area contributed by atoms with Crippen molar-refractivity contribution < 1.29 is 14.2 Å². The zero-order chi connectivity index (χ0) is 14.8. The number of hydrogen-bond acceptors (Lipinski definition) is 2. The maximum atomic E-state index is 13.1. The highest BCUT2D eigenvalue weighted by atomic mass is 127. The molecule has 2 nitrogen and oxygen atoms in total. The van der Waals surface area contributed by atoms with Crippen LogP contribution in [0.15, 0.2) is 36.4 Å². The average Bonchev–Trinajstić information content (AvgIpc) is 2.92. The predicted molar refractivity (Wildman–Crippen MR) is 88.0 cm³/mol. The standard InChI is InChI=1S/C17H16FIO2/c18-13-3-4-14(15(19)10-13)16(20)5-1-11-2-6-17-12(9-11)7-8-21-17/h2-4,6,9-10,16,20H,1,5,7-8H2. The van der Waals surface area contributed by atoms with Gasteiger partial charge in [0.15, 0.2) is 0 Å². The van der Waals surface area contributed by atoms with E-state index in [1.54, 1.807) is 6.07 Å². The molecule has 0 aromatic heterocycles. The summed E-state index contributed by atoms with van der Waals surface area (Å²) >= 11 is 2.06. The summed E-state index contributed by atoms with van der Waals surface area (Å²) in [6.45, 7) is 0.759. The molecule has 1 unspecified atom stereocenters. The molecule has 2 aromatic rings. The van der Waals surface area contributed by atoms with Crippen molar-refractivity contribution in [3.63, 3.8) is 0 Å². The first-order chi connectivity index (χ1) is 10.1. The van der Waals surface area contributed by atoms with Gasteiger partial charge in [-0.15, -0.1) is 0 Å². The molecule has 0 aliphatic carbocycles. The van der Waals surface area contributed by atoms with Crippen LogP contribution in [0.1, 0.15) is 29.2 Å². The summed E-state index contributed by atoms with van der Waals surface area (Å²) in [7, 11) is 0. The van der Waals surface area contributed by atoms with Gasteiger partial charge in [-0.05, 0) is 70.3 Å². The van der Waals surface area contributed by atoms with Crippen molar-refractivity contribution >= 4 is 22.6 Å². The van der Waals surface area contributed by atoms with E-state index in [9.17, 15) is 9.50 Å². The van der Waals surface area contributed by atoms with Gasteiger partial charge in [-0.3, -0.25) is 0 Å². The summed E-state index contributed by atoms with van der Waals surface area (Å²) in [6, 6.07) is 10.7. The molecule has 0 spiro atoms. The van der Waals surface area contributed by atoms with Crippen LogP contribution in [0.25, 0.3) is 0 Å². The molecule has 3 rings (SSSR count). The zero-order valence-corrected chi connectivity index (χ0v) is 13.6. The molecule has 1 N–H and O–H groups in total. The maximum Gasteiger partial charge on any atom is 0.124 e.